The fraction of sp³-hybridized carbons (Fsp3) is 0. The molecule has 3 rings (SSSR count). The first kappa shape index (κ1) is 12.8. The van der Waals surface area contributed by atoms with Gasteiger partial charge in [-0.15, -0.1) is 0 Å². The van der Waals surface area contributed by atoms with Gasteiger partial charge in [0.05, 0.1) is 5.02 Å². The third-order valence-corrected chi connectivity index (χ3v) is 5.65. The summed E-state index contributed by atoms with van der Waals surface area (Å²) in [5, 5.41) is 2.43. The number of benzene rings is 1. The second kappa shape index (κ2) is 5.42. The molecule has 0 spiro atoms. The second-order valence-corrected chi connectivity index (χ2v) is 6.84. The Morgan fingerprint density at radius 3 is 1.79 bits per heavy atom. The molecule has 0 atom stereocenters. The van der Waals surface area contributed by atoms with Crippen molar-refractivity contribution in [2.24, 2.45) is 0 Å². The Hall–Kier alpha value is -1.21. The van der Waals surface area contributed by atoms with Crippen LogP contribution in [0.5, 0.6) is 0 Å². The van der Waals surface area contributed by atoms with Crippen LogP contribution in [0.15, 0.2) is 67.3 Å². The SMILES string of the molecule is Clc1ccc(P(n2cccc2)n2cccc2)c(Cl)c1. The van der Waals surface area contributed by atoms with Crippen molar-refractivity contribution in [3.05, 3.63) is 77.3 Å². The minimum Gasteiger partial charge on any atom is -0.312 e. The first-order chi connectivity index (χ1) is 9.25. The Morgan fingerprint density at radius 2 is 1.32 bits per heavy atom. The highest BCUT2D eigenvalue weighted by Crippen LogP contribution is 2.40. The van der Waals surface area contributed by atoms with Gasteiger partial charge in [0.25, 0.3) is 0 Å². The Balaban J connectivity index is 2.14. The fourth-order valence-corrected chi connectivity index (χ4v) is 4.56. The molecule has 0 saturated heterocycles. The van der Waals surface area contributed by atoms with Crippen LogP contribution in [0.4, 0.5) is 0 Å². The predicted molar refractivity (Wildman–Crippen MR) is 82.7 cm³/mol. The summed E-state index contributed by atoms with van der Waals surface area (Å²) in [6.45, 7) is 0. The Labute approximate surface area is 123 Å². The van der Waals surface area contributed by atoms with E-state index in [9.17, 15) is 0 Å². The maximum atomic E-state index is 6.36. The van der Waals surface area contributed by atoms with Gasteiger partial charge in [-0.3, -0.25) is 0 Å². The molecule has 19 heavy (non-hydrogen) atoms. The Kier molecular flexibility index (Phi) is 3.65. The van der Waals surface area contributed by atoms with E-state index in [1.165, 1.54) is 0 Å². The number of hydrogen-bond donors (Lipinski definition) is 0. The Morgan fingerprint density at radius 1 is 0.789 bits per heavy atom. The smallest absolute Gasteiger partial charge is 0.138 e. The van der Waals surface area contributed by atoms with Crippen LogP contribution in [-0.4, -0.2) is 8.68 Å². The molecule has 2 aromatic heterocycles. The van der Waals surface area contributed by atoms with Gasteiger partial charge >= 0.3 is 0 Å². The fourth-order valence-electron chi connectivity index (χ4n) is 1.91. The molecule has 96 valence electrons. The minimum atomic E-state index is -0.762. The Bertz CT molecular complexity index is 629. The van der Waals surface area contributed by atoms with E-state index in [2.05, 4.69) is 33.5 Å². The summed E-state index contributed by atoms with van der Waals surface area (Å²) < 4.78 is 4.34. The van der Waals surface area contributed by atoms with Crippen LogP contribution in [0.1, 0.15) is 0 Å². The maximum absolute atomic E-state index is 6.36. The predicted octanol–water partition coefficient (Wildman–Crippen LogP) is 4.63. The van der Waals surface area contributed by atoms with Gasteiger partial charge in [0.15, 0.2) is 0 Å². The molecular weight excluding hydrogens is 298 g/mol. The van der Waals surface area contributed by atoms with Crippen molar-refractivity contribution in [2.45, 2.75) is 0 Å². The first-order valence-corrected chi connectivity index (χ1v) is 7.78. The molecule has 0 saturated carbocycles. The molecule has 1 aromatic carbocycles. The summed E-state index contributed by atoms with van der Waals surface area (Å²) in [6.07, 6.45) is 8.21. The molecule has 0 fully saturated rings. The average molecular weight is 309 g/mol. The van der Waals surface area contributed by atoms with Gasteiger partial charge < -0.3 is 8.68 Å². The van der Waals surface area contributed by atoms with Gasteiger partial charge in [-0.1, -0.05) is 23.2 Å². The zero-order valence-corrected chi connectivity index (χ0v) is 12.4. The molecule has 3 aromatic rings. The molecule has 0 amide bonds. The van der Waals surface area contributed by atoms with E-state index >= 15 is 0 Å². The van der Waals surface area contributed by atoms with Crippen molar-refractivity contribution in [3.63, 3.8) is 0 Å². The third-order valence-electron chi connectivity index (χ3n) is 2.74. The summed E-state index contributed by atoms with van der Waals surface area (Å²) >= 11 is 12.3. The van der Waals surface area contributed by atoms with Crippen molar-refractivity contribution in [3.8, 4) is 0 Å². The summed E-state index contributed by atoms with van der Waals surface area (Å²) in [4.78, 5) is 0. The van der Waals surface area contributed by atoms with E-state index in [1.807, 2.05) is 36.4 Å². The molecule has 0 bridgehead atoms. The molecule has 0 aliphatic rings. The van der Waals surface area contributed by atoms with Crippen molar-refractivity contribution in [2.75, 3.05) is 0 Å². The molecule has 0 unspecified atom stereocenters. The quantitative estimate of drug-likeness (QED) is 0.624. The lowest BCUT2D eigenvalue weighted by Gasteiger charge is -2.21. The van der Waals surface area contributed by atoms with Crippen LogP contribution in [0.3, 0.4) is 0 Å². The highest BCUT2D eigenvalue weighted by Gasteiger charge is 2.18. The van der Waals surface area contributed by atoms with Gasteiger partial charge in [-0.25, -0.2) is 0 Å². The van der Waals surface area contributed by atoms with E-state index in [-0.39, 0.29) is 0 Å². The second-order valence-electron chi connectivity index (χ2n) is 4.01. The van der Waals surface area contributed by atoms with E-state index in [1.54, 1.807) is 6.07 Å². The van der Waals surface area contributed by atoms with Gasteiger partial charge in [-0.05, 0) is 42.5 Å². The maximum Gasteiger partial charge on any atom is 0.138 e. The largest absolute Gasteiger partial charge is 0.312 e. The third kappa shape index (κ3) is 2.57. The monoisotopic (exact) mass is 308 g/mol. The van der Waals surface area contributed by atoms with E-state index in [0.29, 0.717) is 10.0 Å². The van der Waals surface area contributed by atoms with Crippen molar-refractivity contribution >= 4 is 36.7 Å². The van der Waals surface area contributed by atoms with Gasteiger partial charge in [0.2, 0.25) is 0 Å². The lowest BCUT2D eigenvalue weighted by molar-refractivity contribution is 1.15. The lowest BCUT2D eigenvalue weighted by Crippen LogP contribution is -2.12. The minimum absolute atomic E-state index is 0.656. The number of aromatic nitrogens is 2. The number of hydrogen-bond acceptors (Lipinski definition) is 0. The van der Waals surface area contributed by atoms with E-state index in [4.69, 9.17) is 23.2 Å². The summed E-state index contributed by atoms with van der Waals surface area (Å²) in [5.41, 5.74) is 0. The standard InChI is InChI=1S/C14H11Cl2N2P/c15-12-5-6-14(13(16)11-12)19(17-7-1-2-8-17)18-9-3-4-10-18/h1-11H. The van der Waals surface area contributed by atoms with Crippen LogP contribution >= 0.6 is 31.4 Å². The molecule has 0 radical (unpaired) electrons. The highest BCUT2D eigenvalue weighted by atomic mass is 35.5. The summed E-state index contributed by atoms with van der Waals surface area (Å²) in [5.74, 6) is 0. The van der Waals surface area contributed by atoms with Gasteiger partial charge in [0, 0.05) is 35.1 Å². The van der Waals surface area contributed by atoms with E-state index in [0.717, 1.165) is 5.30 Å². The van der Waals surface area contributed by atoms with Crippen molar-refractivity contribution < 1.29 is 0 Å². The van der Waals surface area contributed by atoms with E-state index < -0.39 is 8.22 Å². The van der Waals surface area contributed by atoms with Crippen LogP contribution < -0.4 is 5.30 Å². The normalized spacial score (nSPS) is 11.1. The highest BCUT2D eigenvalue weighted by molar-refractivity contribution is 7.62. The molecule has 2 heterocycles. The number of rotatable bonds is 3. The first-order valence-electron chi connectivity index (χ1n) is 5.77. The number of nitrogens with zero attached hydrogens (tertiary/aromatic N) is 2. The summed E-state index contributed by atoms with van der Waals surface area (Å²) in [6, 6.07) is 13.7. The molecule has 0 aliphatic carbocycles. The molecule has 5 heteroatoms. The summed E-state index contributed by atoms with van der Waals surface area (Å²) in [7, 11) is -0.762. The van der Waals surface area contributed by atoms with Crippen molar-refractivity contribution in [1.29, 1.82) is 0 Å². The molecule has 2 nitrogen and oxygen atoms in total. The van der Waals surface area contributed by atoms with Gasteiger partial charge in [-0.2, -0.15) is 0 Å². The van der Waals surface area contributed by atoms with Crippen LogP contribution in [0.2, 0.25) is 10.0 Å². The number of halogens is 2. The van der Waals surface area contributed by atoms with Crippen molar-refractivity contribution in [1.82, 2.24) is 8.68 Å². The average Bonchev–Trinajstić information content (AvgIpc) is 3.06. The molecule has 0 N–H and O–H groups in total. The molecule has 0 aliphatic heterocycles. The lowest BCUT2D eigenvalue weighted by atomic mass is 10.4. The zero-order chi connectivity index (χ0) is 13.2. The topological polar surface area (TPSA) is 9.86 Å². The molecular formula is C14H11Cl2N2P. The van der Waals surface area contributed by atoms with Gasteiger partial charge in [0.1, 0.15) is 8.22 Å². The van der Waals surface area contributed by atoms with Crippen LogP contribution in [0.25, 0.3) is 0 Å². The van der Waals surface area contributed by atoms with Crippen LogP contribution in [0, 0.1) is 0 Å². The zero-order valence-electron chi connectivity index (χ0n) is 9.95. The van der Waals surface area contributed by atoms with Crippen LogP contribution in [-0.2, 0) is 0 Å².